The Balaban J connectivity index is 2.66. The number of alkyl halides is 2. The fourth-order valence-corrected chi connectivity index (χ4v) is 1.29. The van der Waals surface area contributed by atoms with Crippen LogP contribution in [0.25, 0.3) is 5.65 Å². The molecule has 0 fully saturated rings. The van der Waals surface area contributed by atoms with Gasteiger partial charge in [0.15, 0.2) is 0 Å². The number of aromatic nitrogens is 2. The molecule has 0 atom stereocenters. The highest BCUT2D eigenvalue weighted by molar-refractivity contribution is 5.87. The first-order chi connectivity index (χ1) is 7.09. The summed E-state index contributed by atoms with van der Waals surface area (Å²) in [5.74, 6) is -1.16. The van der Waals surface area contributed by atoms with Crippen LogP contribution >= 0.6 is 0 Å². The third kappa shape index (κ3) is 1.54. The van der Waals surface area contributed by atoms with Gasteiger partial charge in [0, 0.05) is 6.20 Å². The number of imidazole rings is 1. The zero-order valence-corrected chi connectivity index (χ0v) is 7.39. The second-order valence-corrected chi connectivity index (χ2v) is 2.93. The lowest BCUT2D eigenvalue weighted by Crippen LogP contribution is -2.00. The standard InChI is InChI=1S/C9H6F2N2O2/c10-8(11)6-3-12-7-2-1-5(9(14)15)4-13(6)7/h1-4,8H,(H,14,15). The third-order valence-electron chi connectivity index (χ3n) is 2.00. The number of aromatic carboxylic acids is 1. The van der Waals surface area contributed by atoms with E-state index in [1.54, 1.807) is 0 Å². The molecule has 0 aliphatic rings. The van der Waals surface area contributed by atoms with Gasteiger partial charge in [-0.2, -0.15) is 0 Å². The molecule has 0 aromatic carbocycles. The molecule has 0 radical (unpaired) electrons. The van der Waals surface area contributed by atoms with Crippen LogP contribution in [0.4, 0.5) is 8.78 Å². The molecule has 0 spiro atoms. The normalized spacial score (nSPS) is 11.1. The highest BCUT2D eigenvalue weighted by atomic mass is 19.3. The molecule has 0 bridgehead atoms. The maximum Gasteiger partial charge on any atom is 0.337 e. The Labute approximate surface area is 82.8 Å². The summed E-state index contributed by atoms with van der Waals surface area (Å²) in [6.45, 7) is 0. The summed E-state index contributed by atoms with van der Waals surface area (Å²) in [7, 11) is 0. The van der Waals surface area contributed by atoms with Crippen LogP contribution in [-0.2, 0) is 0 Å². The number of halogens is 2. The molecule has 2 aromatic rings. The molecule has 2 rings (SSSR count). The molecular weight excluding hydrogens is 206 g/mol. The van der Waals surface area contributed by atoms with Gasteiger partial charge in [-0.05, 0) is 12.1 Å². The minimum absolute atomic E-state index is 0.0533. The quantitative estimate of drug-likeness (QED) is 0.827. The molecule has 0 saturated carbocycles. The highest BCUT2D eigenvalue weighted by Crippen LogP contribution is 2.20. The molecule has 2 heterocycles. The van der Waals surface area contributed by atoms with Crippen LogP contribution in [0.1, 0.15) is 22.5 Å². The van der Waals surface area contributed by atoms with Gasteiger partial charge in [0.1, 0.15) is 11.3 Å². The number of carboxylic acids is 1. The van der Waals surface area contributed by atoms with Crippen molar-refractivity contribution < 1.29 is 18.7 Å². The van der Waals surface area contributed by atoms with Crippen molar-refractivity contribution in [3.8, 4) is 0 Å². The first-order valence-corrected chi connectivity index (χ1v) is 4.08. The third-order valence-corrected chi connectivity index (χ3v) is 2.00. The number of carboxylic acid groups (broad SMARTS) is 1. The summed E-state index contributed by atoms with van der Waals surface area (Å²) in [4.78, 5) is 14.4. The Morgan fingerprint density at radius 3 is 2.80 bits per heavy atom. The van der Waals surface area contributed by atoms with E-state index >= 15 is 0 Å². The molecule has 78 valence electrons. The van der Waals surface area contributed by atoms with Crippen LogP contribution in [0.15, 0.2) is 24.5 Å². The van der Waals surface area contributed by atoms with Gasteiger partial charge in [-0.25, -0.2) is 18.6 Å². The largest absolute Gasteiger partial charge is 0.478 e. The van der Waals surface area contributed by atoms with E-state index in [0.29, 0.717) is 5.65 Å². The Morgan fingerprint density at radius 1 is 1.47 bits per heavy atom. The molecule has 0 saturated heterocycles. The first kappa shape index (κ1) is 9.57. The van der Waals surface area contributed by atoms with Crippen molar-refractivity contribution in [3.05, 3.63) is 35.8 Å². The lowest BCUT2D eigenvalue weighted by atomic mass is 10.3. The summed E-state index contributed by atoms with van der Waals surface area (Å²) in [6.07, 6.45) is -0.512. The fourth-order valence-electron chi connectivity index (χ4n) is 1.29. The van der Waals surface area contributed by atoms with E-state index in [9.17, 15) is 13.6 Å². The van der Waals surface area contributed by atoms with Crippen molar-refractivity contribution in [3.63, 3.8) is 0 Å². The highest BCUT2D eigenvalue weighted by Gasteiger charge is 2.14. The number of fused-ring (bicyclic) bond motifs is 1. The molecular formula is C9H6F2N2O2. The lowest BCUT2D eigenvalue weighted by molar-refractivity contribution is 0.0696. The predicted molar refractivity (Wildman–Crippen MR) is 47.1 cm³/mol. The van der Waals surface area contributed by atoms with Gasteiger partial charge < -0.3 is 5.11 Å². The summed E-state index contributed by atoms with van der Waals surface area (Å²) in [5, 5.41) is 8.69. The van der Waals surface area contributed by atoms with Gasteiger partial charge >= 0.3 is 5.97 Å². The Bertz CT molecular complexity index is 522. The lowest BCUT2D eigenvalue weighted by Gasteiger charge is -2.01. The van der Waals surface area contributed by atoms with Crippen LogP contribution in [0.2, 0.25) is 0 Å². The smallest absolute Gasteiger partial charge is 0.337 e. The van der Waals surface area contributed by atoms with Crippen LogP contribution < -0.4 is 0 Å². The number of hydrogen-bond donors (Lipinski definition) is 1. The minimum atomic E-state index is -2.68. The summed E-state index contributed by atoms with van der Waals surface area (Å²) >= 11 is 0. The summed E-state index contributed by atoms with van der Waals surface area (Å²) in [6, 6.07) is 2.70. The van der Waals surface area contributed by atoms with Gasteiger partial charge in [-0.15, -0.1) is 0 Å². The molecule has 0 aliphatic heterocycles. The maximum absolute atomic E-state index is 12.5. The number of rotatable bonds is 2. The zero-order valence-electron chi connectivity index (χ0n) is 7.39. The number of pyridine rings is 1. The first-order valence-electron chi connectivity index (χ1n) is 4.08. The number of nitrogens with zero attached hydrogens (tertiary/aromatic N) is 2. The Kier molecular flexibility index (Phi) is 2.11. The average molecular weight is 212 g/mol. The van der Waals surface area contributed by atoms with Gasteiger partial charge in [-0.3, -0.25) is 4.40 Å². The van der Waals surface area contributed by atoms with Crippen LogP contribution in [0.5, 0.6) is 0 Å². The van der Waals surface area contributed by atoms with Crippen molar-refractivity contribution in [1.29, 1.82) is 0 Å². The van der Waals surface area contributed by atoms with Crippen molar-refractivity contribution in [2.45, 2.75) is 6.43 Å². The van der Waals surface area contributed by atoms with Crippen LogP contribution in [-0.4, -0.2) is 20.5 Å². The molecule has 15 heavy (non-hydrogen) atoms. The molecule has 0 aliphatic carbocycles. The van der Waals surface area contributed by atoms with Crippen LogP contribution in [0.3, 0.4) is 0 Å². The maximum atomic E-state index is 12.5. The molecule has 6 heteroatoms. The zero-order chi connectivity index (χ0) is 11.0. The monoisotopic (exact) mass is 212 g/mol. The SMILES string of the molecule is O=C(O)c1ccc2ncc(C(F)F)n2c1. The average Bonchev–Trinajstić information content (AvgIpc) is 2.59. The van der Waals surface area contributed by atoms with Crippen molar-refractivity contribution >= 4 is 11.6 Å². The van der Waals surface area contributed by atoms with E-state index in [1.165, 1.54) is 12.1 Å². The van der Waals surface area contributed by atoms with Crippen LogP contribution in [0, 0.1) is 0 Å². The van der Waals surface area contributed by atoms with Gasteiger partial charge in [-0.1, -0.05) is 0 Å². The second-order valence-electron chi connectivity index (χ2n) is 2.93. The predicted octanol–water partition coefficient (Wildman–Crippen LogP) is 1.97. The molecule has 2 aromatic heterocycles. The van der Waals surface area contributed by atoms with Crippen molar-refractivity contribution in [1.82, 2.24) is 9.38 Å². The molecule has 4 nitrogen and oxygen atoms in total. The molecule has 1 N–H and O–H groups in total. The minimum Gasteiger partial charge on any atom is -0.478 e. The number of hydrogen-bond acceptors (Lipinski definition) is 2. The van der Waals surface area contributed by atoms with E-state index in [1.807, 2.05) is 0 Å². The van der Waals surface area contributed by atoms with E-state index in [2.05, 4.69) is 4.98 Å². The van der Waals surface area contributed by atoms with Crippen molar-refractivity contribution in [2.75, 3.05) is 0 Å². The van der Waals surface area contributed by atoms with Crippen molar-refractivity contribution in [2.24, 2.45) is 0 Å². The molecule has 0 unspecified atom stereocenters. The Hall–Kier alpha value is -1.98. The van der Waals surface area contributed by atoms with E-state index < -0.39 is 12.4 Å². The Morgan fingerprint density at radius 2 is 2.20 bits per heavy atom. The summed E-state index contributed by atoms with van der Waals surface area (Å²) < 4.78 is 26.0. The molecule has 0 amide bonds. The topological polar surface area (TPSA) is 54.6 Å². The van der Waals surface area contributed by atoms with E-state index in [4.69, 9.17) is 5.11 Å². The van der Waals surface area contributed by atoms with Gasteiger partial charge in [0.25, 0.3) is 6.43 Å². The van der Waals surface area contributed by atoms with Gasteiger partial charge in [0.05, 0.1) is 11.8 Å². The van der Waals surface area contributed by atoms with Gasteiger partial charge in [0.2, 0.25) is 0 Å². The number of carbonyl (C=O) groups is 1. The second kappa shape index (κ2) is 3.30. The van der Waals surface area contributed by atoms with E-state index in [0.717, 1.165) is 16.8 Å². The van der Waals surface area contributed by atoms with E-state index in [-0.39, 0.29) is 11.3 Å². The fraction of sp³-hybridized carbons (Fsp3) is 0.111. The summed E-state index contributed by atoms with van der Waals surface area (Å²) in [5.41, 5.74) is -0.0641.